The zero-order valence-electron chi connectivity index (χ0n) is 26.9. The summed E-state index contributed by atoms with van der Waals surface area (Å²) in [7, 11) is 1.66. The van der Waals surface area contributed by atoms with Crippen LogP contribution in [0.4, 0.5) is 0 Å². The molecule has 2 heterocycles. The van der Waals surface area contributed by atoms with Crippen molar-refractivity contribution in [1.82, 2.24) is 9.80 Å². The predicted molar refractivity (Wildman–Crippen MR) is 180 cm³/mol. The number of likely N-dealkylation sites (tertiary alicyclic amines) is 2. The number of β-amino-alcohol motifs (C(OH)–C–C–N with tert-alkyl or cyclic N) is 1. The third-order valence-electron chi connectivity index (χ3n) is 9.53. The number of methoxy groups -OCH3 is 1. The highest BCUT2D eigenvalue weighted by Gasteiger charge is 2.29. The number of ether oxygens (including phenoxy) is 2. The summed E-state index contributed by atoms with van der Waals surface area (Å²) in [6.45, 7) is 8.90. The molecule has 2 N–H and O–H groups in total. The molecule has 0 unspecified atom stereocenters. The number of carboxylic acid groups (broad SMARTS) is 1. The molecule has 3 aromatic carbocycles. The van der Waals surface area contributed by atoms with Gasteiger partial charge >= 0.3 is 5.97 Å². The van der Waals surface area contributed by atoms with Crippen LogP contribution in [-0.2, 0) is 24.2 Å². The second-order valence-corrected chi connectivity index (χ2v) is 12.9. The van der Waals surface area contributed by atoms with Crippen LogP contribution in [0.5, 0.6) is 11.5 Å². The molecule has 5 rings (SSSR count). The normalized spacial score (nSPS) is 19.1. The van der Waals surface area contributed by atoms with E-state index in [0.717, 1.165) is 92.9 Å². The van der Waals surface area contributed by atoms with Gasteiger partial charge in [-0.2, -0.15) is 0 Å². The van der Waals surface area contributed by atoms with Gasteiger partial charge in [0.15, 0.2) is 0 Å². The third-order valence-corrected chi connectivity index (χ3v) is 9.88. The fraction of sp³-hybridized carbons (Fsp3) is 0.486. The summed E-state index contributed by atoms with van der Waals surface area (Å²) in [4.78, 5) is 16.1. The number of aryl methyl sites for hydroxylation is 2. The minimum absolute atomic E-state index is 0.186. The van der Waals surface area contributed by atoms with Crippen LogP contribution in [0.3, 0.4) is 0 Å². The molecule has 0 spiro atoms. The van der Waals surface area contributed by atoms with Gasteiger partial charge in [0.25, 0.3) is 0 Å². The Morgan fingerprint density at radius 1 is 0.933 bits per heavy atom. The van der Waals surface area contributed by atoms with Crippen LogP contribution < -0.4 is 9.47 Å². The molecule has 0 radical (unpaired) electrons. The Balaban J connectivity index is 1.25. The van der Waals surface area contributed by atoms with Crippen molar-refractivity contribution in [2.75, 3.05) is 39.9 Å². The van der Waals surface area contributed by atoms with Gasteiger partial charge in [-0.25, -0.2) is 0 Å². The summed E-state index contributed by atoms with van der Waals surface area (Å²) in [5.74, 6) is 0.899. The topological polar surface area (TPSA) is 82.5 Å². The number of aliphatic hydroxyl groups is 1. The standard InChI is InChI=1S/C37H47ClN2O5/c1-25-27(14-15-28-22-36(44-3)29(21-33(28)38)23-40-18-5-4-12-34(40)37(42)43)9-6-10-31(25)32-11-7-13-35(26(32)2)45-20-8-17-39-19-16-30(41)24-39/h6-7,9-11,13,21-22,30,34,41H,4-5,8,12,14-20,23-24H2,1-3H3,(H,42,43)/t30-,34+/m1/s1. The molecule has 242 valence electrons. The van der Waals surface area contributed by atoms with E-state index in [2.05, 4.69) is 49.1 Å². The van der Waals surface area contributed by atoms with Crippen molar-refractivity contribution in [3.63, 3.8) is 0 Å². The predicted octanol–water partition coefficient (Wildman–Crippen LogP) is 6.69. The average molecular weight is 635 g/mol. The maximum Gasteiger partial charge on any atom is 0.320 e. The van der Waals surface area contributed by atoms with Crippen LogP contribution in [0.1, 0.15) is 59.9 Å². The first-order valence-electron chi connectivity index (χ1n) is 16.3. The molecule has 2 atom stereocenters. The fourth-order valence-corrected chi connectivity index (χ4v) is 7.16. The Bertz CT molecular complexity index is 1480. The number of nitrogens with zero attached hydrogens (tertiary/aromatic N) is 2. The van der Waals surface area contributed by atoms with Gasteiger partial charge in [0.2, 0.25) is 0 Å². The van der Waals surface area contributed by atoms with Crippen molar-refractivity contribution in [1.29, 1.82) is 0 Å². The largest absolute Gasteiger partial charge is 0.496 e. The molecular formula is C37H47ClN2O5. The molecule has 2 aliphatic rings. The molecule has 0 bridgehead atoms. The number of aliphatic carboxylic acids is 1. The smallest absolute Gasteiger partial charge is 0.320 e. The van der Waals surface area contributed by atoms with E-state index in [4.69, 9.17) is 21.1 Å². The highest BCUT2D eigenvalue weighted by Crippen LogP contribution is 2.35. The Labute approximate surface area is 272 Å². The lowest BCUT2D eigenvalue weighted by atomic mass is 9.91. The maximum atomic E-state index is 11.8. The van der Waals surface area contributed by atoms with Crippen LogP contribution in [0.2, 0.25) is 5.02 Å². The van der Waals surface area contributed by atoms with Gasteiger partial charge in [-0.3, -0.25) is 9.69 Å². The first kappa shape index (κ1) is 33.3. The van der Waals surface area contributed by atoms with Gasteiger partial charge < -0.3 is 24.6 Å². The van der Waals surface area contributed by atoms with E-state index in [-0.39, 0.29) is 6.10 Å². The minimum atomic E-state index is -0.765. The molecule has 2 saturated heterocycles. The molecule has 2 fully saturated rings. The van der Waals surface area contributed by atoms with Crippen LogP contribution in [0, 0.1) is 13.8 Å². The number of rotatable bonds is 13. The summed E-state index contributed by atoms with van der Waals surface area (Å²) in [5.41, 5.74) is 7.97. The lowest BCUT2D eigenvalue weighted by Gasteiger charge is -2.33. The van der Waals surface area contributed by atoms with Crippen molar-refractivity contribution in [3.8, 4) is 22.6 Å². The molecule has 45 heavy (non-hydrogen) atoms. The van der Waals surface area contributed by atoms with Crippen LogP contribution in [0.15, 0.2) is 48.5 Å². The second-order valence-electron chi connectivity index (χ2n) is 12.5. The Morgan fingerprint density at radius 3 is 2.42 bits per heavy atom. The van der Waals surface area contributed by atoms with Gasteiger partial charge in [0, 0.05) is 36.8 Å². The quantitative estimate of drug-likeness (QED) is 0.203. The van der Waals surface area contributed by atoms with Gasteiger partial charge in [-0.1, -0.05) is 48.4 Å². The average Bonchev–Trinajstić information content (AvgIpc) is 3.45. The molecule has 0 amide bonds. The summed E-state index contributed by atoms with van der Waals surface area (Å²) in [6.07, 6.45) is 5.81. The number of hydrogen-bond acceptors (Lipinski definition) is 6. The van der Waals surface area contributed by atoms with Crippen LogP contribution in [-0.4, -0.2) is 78.0 Å². The SMILES string of the molecule is COc1cc(CCc2cccc(-c3cccc(OCCCN4CC[C@@H](O)C4)c3C)c2C)c(Cl)cc1CN1CCCC[C@H]1C(=O)O. The number of halogens is 1. The van der Waals surface area contributed by atoms with E-state index in [1.807, 2.05) is 23.1 Å². The number of carboxylic acids is 1. The van der Waals surface area contributed by atoms with E-state index >= 15 is 0 Å². The summed E-state index contributed by atoms with van der Waals surface area (Å²) in [5, 5.41) is 20.1. The third kappa shape index (κ3) is 8.20. The van der Waals surface area contributed by atoms with Crippen LogP contribution >= 0.6 is 11.6 Å². The number of benzene rings is 3. The van der Waals surface area contributed by atoms with E-state index in [1.165, 1.54) is 22.3 Å². The molecule has 2 aliphatic heterocycles. The zero-order valence-corrected chi connectivity index (χ0v) is 27.6. The minimum Gasteiger partial charge on any atom is -0.496 e. The molecule has 7 nitrogen and oxygen atoms in total. The van der Waals surface area contributed by atoms with E-state index in [1.54, 1.807) is 7.11 Å². The molecule has 0 aliphatic carbocycles. The number of hydrogen-bond donors (Lipinski definition) is 2. The highest BCUT2D eigenvalue weighted by atomic mass is 35.5. The number of aliphatic hydroxyl groups excluding tert-OH is 1. The number of carbonyl (C=O) groups is 1. The number of piperidine rings is 1. The van der Waals surface area contributed by atoms with Crippen molar-refractivity contribution >= 4 is 17.6 Å². The van der Waals surface area contributed by atoms with Crippen LogP contribution in [0.25, 0.3) is 11.1 Å². The highest BCUT2D eigenvalue weighted by molar-refractivity contribution is 6.31. The van der Waals surface area contributed by atoms with Crippen molar-refractivity contribution in [3.05, 3.63) is 81.4 Å². The zero-order chi connectivity index (χ0) is 31.9. The summed E-state index contributed by atoms with van der Waals surface area (Å²) in [6, 6.07) is 16.3. The molecule has 0 saturated carbocycles. The van der Waals surface area contributed by atoms with Crippen molar-refractivity contribution in [2.24, 2.45) is 0 Å². The molecule has 3 aromatic rings. The second kappa shape index (κ2) is 15.5. The Kier molecular flexibility index (Phi) is 11.4. The monoisotopic (exact) mass is 634 g/mol. The fourth-order valence-electron chi connectivity index (χ4n) is 6.88. The lowest BCUT2D eigenvalue weighted by molar-refractivity contribution is -0.144. The van der Waals surface area contributed by atoms with E-state index < -0.39 is 12.0 Å². The van der Waals surface area contributed by atoms with Gasteiger partial charge in [-0.15, -0.1) is 0 Å². The maximum absolute atomic E-state index is 11.8. The van der Waals surface area contributed by atoms with Gasteiger partial charge in [-0.05, 0) is 110 Å². The Hall–Kier alpha value is -3.10. The van der Waals surface area contributed by atoms with Gasteiger partial charge in [0.1, 0.15) is 17.5 Å². The molecule has 0 aromatic heterocycles. The first-order valence-corrected chi connectivity index (χ1v) is 16.7. The molecular weight excluding hydrogens is 588 g/mol. The summed E-state index contributed by atoms with van der Waals surface area (Å²) >= 11 is 6.82. The van der Waals surface area contributed by atoms with Gasteiger partial charge in [0.05, 0.1) is 19.8 Å². The summed E-state index contributed by atoms with van der Waals surface area (Å²) < 4.78 is 12.0. The first-order chi connectivity index (χ1) is 21.7. The van der Waals surface area contributed by atoms with E-state index in [9.17, 15) is 15.0 Å². The molecule has 8 heteroatoms. The van der Waals surface area contributed by atoms with E-state index in [0.29, 0.717) is 24.6 Å². The van der Waals surface area contributed by atoms with Crippen molar-refractivity contribution < 1.29 is 24.5 Å². The van der Waals surface area contributed by atoms with Crippen molar-refractivity contribution in [2.45, 2.75) is 77.5 Å². The lowest BCUT2D eigenvalue weighted by Crippen LogP contribution is -2.44. The Morgan fingerprint density at radius 2 is 1.69 bits per heavy atom.